The summed E-state index contributed by atoms with van der Waals surface area (Å²) in [6.45, 7) is 0.813. The average Bonchev–Trinajstić information content (AvgIpc) is 2.68. The number of phenolic OH excluding ortho intramolecular Hbond substituents is 1. The fraction of sp³-hybridized carbons (Fsp3) is 0.316. The second-order valence-electron chi connectivity index (χ2n) is 6.29. The SMILES string of the molecule is COc1cc(CNCC(=O)N2CCCc3ccccc32)c([N+](=O)[O-])cc1O. The number of ether oxygens (including phenoxy) is 1. The van der Waals surface area contributed by atoms with E-state index in [4.69, 9.17) is 4.74 Å². The molecule has 1 aliphatic heterocycles. The molecule has 2 aromatic rings. The number of amides is 1. The lowest BCUT2D eigenvalue weighted by Gasteiger charge is -2.29. The van der Waals surface area contributed by atoms with Crippen LogP contribution in [0.15, 0.2) is 36.4 Å². The van der Waals surface area contributed by atoms with E-state index >= 15 is 0 Å². The van der Waals surface area contributed by atoms with E-state index in [1.807, 2.05) is 24.3 Å². The molecular weight excluding hydrogens is 350 g/mol. The number of hydrogen-bond acceptors (Lipinski definition) is 6. The number of para-hydroxylation sites is 1. The Morgan fingerprint density at radius 3 is 2.89 bits per heavy atom. The van der Waals surface area contributed by atoms with Gasteiger partial charge in [-0.3, -0.25) is 14.9 Å². The molecule has 8 heteroatoms. The third-order valence-electron chi connectivity index (χ3n) is 4.58. The second kappa shape index (κ2) is 8.05. The van der Waals surface area contributed by atoms with E-state index in [1.54, 1.807) is 4.90 Å². The molecule has 1 heterocycles. The largest absolute Gasteiger partial charge is 0.504 e. The lowest BCUT2D eigenvalue weighted by Crippen LogP contribution is -2.41. The van der Waals surface area contributed by atoms with E-state index in [0.717, 1.165) is 30.2 Å². The minimum atomic E-state index is -0.571. The number of phenols is 1. The zero-order valence-corrected chi connectivity index (χ0v) is 15.0. The van der Waals surface area contributed by atoms with Crippen LogP contribution in [0.5, 0.6) is 11.5 Å². The number of nitro benzene ring substituents is 1. The molecule has 0 fully saturated rings. The number of rotatable bonds is 6. The Hall–Kier alpha value is -3.13. The summed E-state index contributed by atoms with van der Waals surface area (Å²) in [5.74, 6) is -0.238. The van der Waals surface area contributed by atoms with Crippen LogP contribution in [0.4, 0.5) is 11.4 Å². The maximum atomic E-state index is 12.6. The number of hydrogen-bond donors (Lipinski definition) is 2. The number of carbonyl (C=O) groups is 1. The Morgan fingerprint density at radius 1 is 1.37 bits per heavy atom. The van der Waals surface area contributed by atoms with Gasteiger partial charge in [-0.05, 0) is 30.5 Å². The van der Waals surface area contributed by atoms with Crippen molar-refractivity contribution >= 4 is 17.3 Å². The first-order chi connectivity index (χ1) is 13.0. The molecule has 142 valence electrons. The van der Waals surface area contributed by atoms with Crippen molar-refractivity contribution in [2.24, 2.45) is 0 Å². The number of nitrogens with zero attached hydrogens (tertiary/aromatic N) is 2. The van der Waals surface area contributed by atoms with Crippen molar-refractivity contribution in [3.8, 4) is 11.5 Å². The van der Waals surface area contributed by atoms with Crippen LogP contribution in [0.25, 0.3) is 0 Å². The fourth-order valence-electron chi connectivity index (χ4n) is 3.27. The van der Waals surface area contributed by atoms with Gasteiger partial charge in [-0.2, -0.15) is 0 Å². The van der Waals surface area contributed by atoms with E-state index in [0.29, 0.717) is 12.1 Å². The molecule has 2 aromatic carbocycles. The van der Waals surface area contributed by atoms with E-state index in [9.17, 15) is 20.0 Å². The van der Waals surface area contributed by atoms with Crippen molar-refractivity contribution in [3.05, 3.63) is 57.6 Å². The van der Waals surface area contributed by atoms with Crippen molar-refractivity contribution < 1.29 is 19.6 Å². The summed E-state index contributed by atoms with van der Waals surface area (Å²) in [5, 5.41) is 23.9. The second-order valence-corrected chi connectivity index (χ2v) is 6.29. The number of aromatic hydroxyl groups is 1. The normalized spacial score (nSPS) is 13.1. The molecule has 0 spiro atoms. The summed E-state index contributed by atoms with van der Waals surface area (Å²) in [6.07, 6.45) is 1.86. The first-order valence-electron chi connectivity index (χ1n) is 8.64. The molecule has 1 amide bonds. The van der Waals surface area contributed by atoms with E-state index in [2.05, 4.69) is 5.32 Å². The number of aryl methyl sites for hydroxylation is 1. The quantitative estimate of drug-likeness (QED) is 0.597. The van der Waals surface area contributed by atoms with Gasteiger partial charge in [0, 0.05) is 24.3 Å². The monoisotopic (exact) mass is 371 g/mol. The Labute approximate surface area is 156 Å². The van der Waals surface area contributed by atoms with Gasteiger partial charge >= 0.3 is 0 Å². The molecule has 27 heavy (non-hydrogen) atoms. The lowest BCUT2D eigenvalue weighted by atomic mass is 10.0. The molecule has 0 saturated carbocycles. The summed E-state index contributed by atoms with van der Waals surface area (Å²) >= 11 is 0. The van der Waals surface area contributed by atoms with Crippen LogP contribution in [0.2, 0.25) is 0 Å². The molecular formula is C19H21N3O5. The number of carbonyl (C=O) groups excluding carboxylic acids is 1. The Morgan fingerprint density at radius 2 is 2.15 bits per heavy atom. The molecule has 1 aliphatic rings. The Kier molecular flexibility index (Phi) is 5.56. The fourth-order valence-corrected chi connectivity index (χ4v) is 3.27. The van der Waals surface area contributed by atoms with Gasteiger partial charge in [-0.25, -0.2) is 0 Å². The van der Waals surface area contributed by atoms with Crippen LogP contribution in [-0.2, 0) is 17.8 Å². The van der Waals surface area contributed by atoms with Gasteiger partial charge in [0.1, 0.15) is 0 Å². The predicted octanol–water partition coefficient (Wildman–Crippen LogP) is 2.38. The molecule has 0 radical (unpaired) electrons. The highest BCUT2D eigenvalue weighted by Gasteiger charge is 2.23. The molecule has 0 aromatic heterocycles. The standard InChI is InChI=1S/C19H21N3O5/c1-27-18-9-14(16(22(25)26)10-17(18)23)11-20-12-19(24)21-8-4-6-13-5-2-3-7-15(13)21/h2-3,5,7,9-10,20,23H,4,6,8,11-12H2,1H3. The molecule has 3 rings (SSSR count). The first-order valence-corrected chi connectivity index (χ1v) is 8.64. The summed E-state index contributed by atoms with van der Waals surface area (Å²) in [5.41, 5.74) is 2.18. The number of methoxy groups -OCH3 is 1. The van der Waals surface area contributed by atoms with Crippen LogP contribution in [0, 0.1) is 10.1 Å². The number of anilines is 1. The summed E-state index contributed by atoms with van der Waals surface area (Å²) in [4.78, 5) is 25.0. The highest BCUT2D eigenvalue weighted by molar-refractivity contribution is 5.95. The summed E-state index contributed by atoms with van der Waals surface area (Å²) in [6, 6.07) is 10.3. The maximum Gasteiger partial charge on any atom is 0.277 e. The molecule has 0 unspecified atom stereocenters. The van der Waals surface area contributed by atoms with Gasteiger partial charge in [0.05, 0.1) is 24.6 Å². The average molecular weight is 371 g/mol. The van der Waals surface area contributed by atoms with Gasteiger partial charge in [0.25, 0.3) is 5.69 Å². The van der Waals surface area contributed by atoms with Gasteiger partial charge < -0.3 is 20.1 Å². The van der Waals surface area contributed by atoms with Crippen LogP contribution in [-0.4, -0.2) is 36.1 Å². The third-order valence-corrected chi connectivity index (χ3v) is 4.58. The van der Waals surface area contributed by atoms with Gasteiger partial charge in [-0.15, -0.1) is 0 Å². The predicted molar refractivity (Wildman–Crippen MR) is 100 cm³/mol. The number of fused-ring (bicyclic) bond motifs is 1. The third kappa shape index (κ3) is 4.01. The van der Waals surface area contributed by atoms with E-state index in [1.165, 1.54) is 13.2 Å². The molecule has 0 aliphatic carbocycles. The zero-order valence-electron chi connectivity index (χ0n) is 15.0. The minimum absolute atomic E-state index is 0.0503. The van der Waals surface area contributed by atoms with Crippen LogP contribution in [0.1, 0.15) is 17.5 Å². The zero-order chi connectivity index (χ0) is 19.4. The summed E-state index contributed by atoms with van der Waals surface area (Å²) in [7, 11) is 1.37. The van der Waals surface area contributed by atoms with Crippen molar-refractivity contribution in [3.63, 3.8) is 0 Å². The molecule has 8 nitrogen and oxygen atoms in total. The molecule has 0 saturated heterocycles. The summed E-state index contributed by atoms with van der Waals surface area (Å²) < 4.78 is 5.01. The Bertz CT molecular complexity index is 868. The van der Waals surface area contributed by atoms with Gasteiger partial charge in [0.2, 0.25) is 5.91 Å². The highest BCUT2D eigenvalue weighted by Crippen LogP contribution is 2.33. The van der Waals surface area contributed by atoms with E-state index in [-0.39, 0.29) is 36.2 Å². The first kappa shape index (κ1) is 18.7. The highest BCUT2D eigenvalue weighted by atomic mass is 16.6. The Balaban J connectivity index is 1.68. The molecule has 2 N–H and O–H groups in total. The van der Waals surface area contributed by atoms with Crippen molar-refractivity contribution in [1.82, 2.24) is 5.32 Å². The topological polar surface area (TPSA) is 105 Å². The van der Waals surface area contributed by atoms with Crippen molar-refractivity contribution in [2.45, 2.75) is 19.4 Å². The molecule has 0 bridgehead atoms. The number of nitro groups is 1. The lowest BCUT2D eigenvalue weighted by molar-refractivity contribution is -0.385. The maximum absolute atomic E-state index is 12.6. The smallest absolute Gasteiger partial charge is 0.277 e. The van der Waals surface area contributed by atoms with Crippen LogP contribution >= 0.6 is 0 Å². The van der Waals surface area contributed by atoms with Crippen LogP contribution < -0.4 is 15.0 Å². The minimum Gasteiger partial charge on any atom is -0.504 e. The molecule has 0 atom stereocenters. The van der Waals surface area contributed by atoms with E-state index < -0.39 is 4.92 Å². The number of benzene rings is 2. The van der Waals surface area contributed by atoms with Gasteiger partial charge in [-0.1, -0.05) is 18.2 Å². The van der Waals surface area contributed by atoms with Gasteiger partial charge in [0.15, 0.2) is 11.5 Å². The van der Waals surface area contributed by atoms with Crippen LogP contribution in [0.3, 0.4) is 0 Å². The van der Waals surface area contributed by atoms with Crippen molar-refractivity contribution in [2.75, 3.05) is 25.1 Å². The van der Waals surface area contributed by atoms with Crippen molar-refractivity contribution in [1.29, 1.82) is 0 Å². The number of nitrogens with one attached hydrogen (secondary N) is 1.